The van der Waals surface area contributed by atoms with Crippen LogP contribution in [-0.2, 0) is 15.0 Å². The molecule has 1 aliphatic carbocycles. The minimum Gasteiger partial charge on any atom is -0.384 e. The minimum absolute atomic E-state index is 0.0496. The highest BCUT2D eigenvalue weighted by atomic mass is 79.9. The zero-order valence-electron chi connectivity index (χ0n) is 18.9. The second-order valence-corrected chi connectivity index (χ2v) is 10.6. The molecule has 1 atom stereocenters. The second-order valence-electron chi connectivity index (χ2n) is 9.70. The van der Waals surface area contributed by atoms with Gasteiger partial charge in [0.1, 0.15) is 23.1 Å². The van der Waals surface area contributed by atoms with Crippen molar-refractivity contribution >= 4 is 39.0 Å². The molecule has 1 unspecified atom stereocenters. The van der Waals surface area contributed by atoms with Crippen molar-refractivity contribution < 1.29 is 14.0 Å². The molecule has 0 fully saturated rings. The standard InChI is InChI=1S/C26H22BrFN4O2/c1-25(2)11-20-22(21(33)12-25)26(15-6-4-5-7-18(15)31(3)24(26)34)16(13-29)23(30)32(20)19-9-8-14(27)10-17(19)28/h4-10H,11-12,30H2,1-3H3. The van der Waals surface area contributed by atoms with Crippen LogP contribution in [0.1, 0.15) is 32.3 Å². The largest absolute Gasteiger partial charge is 0.384 e. The van der Waals surface area contributed by atoms with Gasteiger partial charge in [-0.05, 0) is 36.1 Å². The summed E-state index contributed by atoms with van der Waals surface area (Å²) in [5.74, 6) is -1.27. The Labute approximate surface area is 205 Å². The maximum Gasteiger partial charge on any atom is 0.247 e. The molecule has 6 nitrogen and oxygen atoms in total. The molecule has 34 heavy (non-hydrogen) atoms. The van der Waals surface area contributed by atoms with Crippen LogP contribution in [0.15, 0.2) is 69.6 Å². The lowest BCUT2D eigenvalue weighted by Crippen LogP contribution is -2.53. The van der Waals surface area contributed by atoms with Gasteiger partial charge in [-0.25, -0.2) is 4.39 Å². The zero-order valence-corrected chi connectivity index (χ0v) is 20.5. The van der Waals surface area contributed by atoms with E-state index in [0.29, 0.717) is 27.8 Å². The quantitative estimate of drug-likeness (QED) is 0.590. The minimum atomic E-state index is -1.66. The van der Waals surface area contributed by atoms with Gasteiger partial charge in [-0.2, -0.15) is 5.26 Å². The Hall–Kier alpha value is -3.44. The molecule has 0 saturated carbocycles. The molecule has 0 radical (unpaired) electrons. The van der Waals surface area contributed by atoms with Crippen molar-refractivity contribution in [2.45, 2.75) is 32.1 Å². The Morgan fingerprint density at radius 2 is 1.82 bits per heavy atom. The van der Waals surface area contributed by atoms with Crippen molar-refractivity contribution in [2.75, 3.05) is 16.8 Å². The van der Waals surface area contributed by atoms with Crippen molar-refractivity contribution in [3.63, 3.8) is 0 Å². The highest BCUT2D eigenvalue weighted by Crippen LogP contribution is 2.58. The lowest BCUT2D eigenvalue weighted by Gasteiger charge is -2.46. The Morgan fingerprint density at radius 1 is 1.12 bits per heavy atom. The molecule has 8 heteroatoms. The number of fused-ring (bicyclic) bond motifs is 3. The average molecular weight is 521 g/mol. The van der Waals surface area contributed by atoms with Crippen LogP contribution in [0.25, 0.3) is 0 Å². The summed E-state index contributed by atoms with van der Waals surface area (Å²) in [5, 5.41) is 10.4. The summed E-state index contributed by atoms with van der Waals surface area (Å²) in [6.07, 6.45) is 0.575. The third-order valence-electron chi connectivity index (χ3n) is 6.93. The van der Waals surface area contributed by atoms with E-state index in [1.54, 1.807) is 43.4 Å². The molecule has 5 rings (SSSR count). The predicted octanol–water partition coefficient (Wildman–Crippen LogP) is 4.66. The number of nitrogens with zero attached hydrogens (tertiary/aromatic N) is 3. The molecule has 2 aromatic carbocycles. The first kappa shape index (κ1) is 22.4. The van der Waals surface area contributed by atoms with Gasteiger partial charge in [0.15, 0.2) is 5.78 Å². The number of anilines is 2. The van der Waals surface area contributed by atoms with Gasteiger partial charge in [-0.15, -0.1) is 0 Å². The fraction of sp³-hybridized carbons (Fsp3) is 0.269. The van der Waals surface area contributed by atoms with E-state index in [1.165, 1.54) is 15.9 Å². The first-order valence-electron chi connectivity index (χ1n) is 10.8. The van der Waals surface area contributed by atoms with E-state index in [9.17, 15) is 14.9 Å². The SMILES string of the molecule is CN1C(=O)C2(C(C#N)=C(N)N(c3ccc(Br)cc3F)C3=C2C(=O)CC(C)(C)C3)c2ccccc21. The number of carbonyl (C=O) groups is 2. The molecular formula is C26H22BrFN4O2. The van der Waals surface area contributed by atoms with Gasteiger partial charge < -0.3 is 10.6 Å². The number of rotatable bonds is 1. The zero-order chi connectivity index (χ0) is 24.6. The maximum atomic E-state index is 15.2. The van der Waals surface area contributed by atoms with E-state index in [4.69, 9.17) is 5.73 Å². The van der Waals surface area contributed by atoms with E-state index in [2.05, 4.69) is 22.0 Å². The van der Waals surface area contributed by atoms with Gasteiger partial charge in [-0.1, -0.05) is 48.0 Å². The third-order valence-corrected chi connectivity index (χ3v) is 7.42. The first-order chi connectivity index (χ1) is 16.0. The number of hydrogen-bond acceptors (Lipinski definition) is 5. The molecule has 172 valence electrons. The number of likely N-dealkylation sites (N-methyl/N-ethyl adjacent to an activating group) is 1. The second kappa shape index (κ2) is 7.28. The van der Waals surface area contributed by atoms with Crippen molar-refractivity contribution in [1.29, 1.82) is 5.26 Å². The van der Waals surface area contributed by atoms with E-state index in [-0.39, 0.29) is 34.9 Å². The number of nitrogens with two attached hydrogens (primary N) is 1. The van der Waals surface area contributed by atoms with Gasteiger partial charge in [0.2, 0.25) is 5.91 Å². The molecule has 0 aromatic heterocycles. The van der Waals surface area contributed by atoms with Gasteiger partial charge in [0.05, 0.1) is 11.3 Å². The predicted molar refractivity (Wildman–Crippen MR) is 130 cm³/mol. The van der Waals surface area contributed by atoms with Crippen LogP contribution < -0.4 is 15.5 Å². The number of allylic oxidation sites excluding steroid dienone is 1. The molecule has 0 bridgehead atoms. The Balaban J connectivity index is 1.93. The fourth-order valence-corrected chi connectivity index (χ4v) is 5.93. The Morgan fingerprint density at radius 3 is 2.50 bits per heavy atom. The molecule has 0 saturated heterocycles. The topological polar surface area (TPSA) is 90.4 Å². The van der Waals surface area contributed by atoms with Crippen LogP contribution in [0.4, 0.5) is 15.8 Å². The molecule has 2 heterocycles. The van der Waals surface area contributed by atoms with Crippen LogP contribution in [0.2, 0.25) is 0 Å². The summed E-state index contributed by atoms with van der Waals surface area (Å²) in [6.45, 7) is 3.90. The summed E-state index contributed by atoms with van der Waals surface area (Å²) in [7, 11) is 1.62. The molecule has 3 aliphatic rings. The van der Waals surface area contributed by atoms with E-state index >= 15 is 4.39 Å². The average Bonchev–Trinajstić information content (AvgIpc) is 2.97. The van der Waals surface area contributed by atoms with Crippen LogP contribution in [0.3, 0.4) is 0 Å². The van der Waals surface area contributed by atoms with E-state index in [1.807, 2.05) is 13.8 Å². The number of Topliss-reactive ketones (excluding diaryl/α,β-unsaturated/α-hetero) is 1. The van der Waals surface area contributed by atoms with Gasteiger partial charge in [0, 0.05) is 40.5 Å². The van der Waals surface area contributed by atoms with Crippen LogP contribution in [0.5, 0.6) is 0 Å². The van der Waals surface area contributed by atoms with Crippen LogP contribution in [0, 0.1) is 22.6 Å². The number of para-hydroxylation sites is 1. The number of carbonyl (C=O) groups excluding carboxylic acids is 2. The summed E-state index contributed by atoms with van der Waals surface area (Å²) in [5.41, 5.74) is 6.39. The fourth-order valence-electron chi connectivity index (χ4n) is 5.60. The number of amides is 1. The molecule has 2 N–H and O–H groups in total. The highest BCUT2D eigenvalue weighted by molar-refractivity contribution is 9.10. The smallest absolute Gasteiger partial charge is 0.247 e. The lowest BCUT2D eigenvalue weighted by molar-refractivity contribution is -0.124. The van der Waals surface area contributed by atoms with Gasteiger partial charge in [-0.3, -0.25) is 14.5 Å². The third kappa shape index (κ3) is 2.77. The molecule has 2 aliphatic heterocycles. The van der Waals surface area contributed by atoms with Gasteiger partial charge >= 0.3 is 0 Å². The number of nitriles is 1. The number of hydrogen-bond donors (Lipinski definition) is 1. The van der Waals surface area contributed by atoms with Crippen LogP contribution in [-0.4, -0.2) is 18.7 Å². The van der Waals surface area contributed by atoms with Crippen molar-refractivity contribution in [2.24, 2.45) is 11.1 Å². The summed E-state index contributed by atoms with van der Waals surface area (Å²) in [6, 6.07) is 13.8. The Bertz CT molecular complexity index is 1400. The summed E-state index contributed by atoms with van der Waals surface area (Å²) >= 11 is 3.27. The molecule has 1 amide bonds. The lowest BCUT2D eigenvalue weighted by atomic mass is 9.60. The summed E-state index contributed by atoms with van der Waals surface area (Å²) < 4.78 is 15.8. The van der Waals surface area contributed by atoms with E-state index < -0.39 is 22.6 Å². The van der Waals surface area contributed by atoms with Crippen LogP contribution >= 0.6 is 15.9 Å². The monoisotopic (exact) mass is 520 g/mol. The van der Waals surface area contributed by atoms with Crippen molar-refractivity contribution in [1.82, 2.24) is 0 Å². The highest BCUT2D eigenvalue weighted by Gasteiger charge is 2.62. The van der Waals surface area contributed by atoms with Crippen molar-refractivity contribution in [3.05, 3.63) is 81.0 Å². The van der Waals surface area contributed by atoms with E-state index in [0.717, 1.165) is 0 Å². The molecule has 2 aromatic rings. The molecular weight excluding hydrogens is 499 g/mol. The summed E-state index contributed by atoms with van der Waals surface area (Å²) in [4.78, 5) is 30.7. The number of benzene rings is 2. The normalized spacial score (nSPS) is 23.4. The number of ketones is 1. The van der Waals surface area contributed by atoms with Crippen molar-refractivity contribution in [3.8, 4) is 6.07 Å². The Kier molecular flexibility index (Phi) is 4.79. The molecule has 1 spiro atoms. The first-order valence-corrected chi connectivity index (χ1v) is 11.6. The van der Waals surface area contributed by atoms with Gasteiger partial charge in [0.25, 0.3) is 0 Å². The maximum absolute atomic E-state index is 15.2. The number of halogens is 2.